The first kappa shape index (κ1) is 16.0. The van der Waals surface area contributed by atoms with Crippen LogP contribution in [0.4, 0.5) is 0 Å². The second-order valence-corrected chi connectivity index (χ2v) is 6.53. The molecule has 2 fully saturated rings. The van der Waals surface area contributed by atoms with E-state index in [2.05, 4.69) is 5.32 Å². The number of carboxylic acid groups (broad SMARTS) is 1. The average molecular weight is 317 g/mol. The zero-order chi connectivity index (χ0) is 16.4. The van der Waals surface area contributed by atoms with E-state index < -0.39 is 5.97 Å². The Morgan fingerprint density at radius 3 is 2.65 bits per heavy atom. The maximum Gasteiger partial charge on any atom is 0.335 e. The van der Waals surface area contributed by atoms with Gasteiger partial charge in [-0.2, -0.15) is 0 Å². The Morgan fingerprint density at radius 2 is 2.00 bits per heavy atom. The van der Waals surface area contributed by atoms with Crippen LogP contribution in [0.25, 0.3) is 0 Å². The third-order valence-corrected chi connectivity index (χ3v) is 5.36. The van der Waals surface area contributed by atoms with E-state index in [0.717, 1.165) is 19.3 Å². The minimum atomic E-state index is -1.02. The largest absolute Gasteiger partial charge is 0.478 e. The summed E-state index contributed by atoms with van der Waals surface area (Å²) in [5, 5.41) is 12.2. The summed E-state index contributed by atoms with van der Waals surface area (Å²) >= 11 is 0. The number of hydrogen-bond acceptors (Lipinski definition) is 3. The minimum absolute atomic E-state index is 0.0794. The smallest absolute Gasteiger partial charge is 0.335 e. The highest BCUT2D eigenvalue weighted by Crippen LogP contribution is 2.54. The van der Waals surface area contributed by atoms with Gasteiger partial charge in [0.1, 0.15) is 0 Å². The number of ether oxygens (including phenoxy) is 1. The summed E-state index contributed by atoms with van der Waals surface area (Å²) in [6, 6.07) is 6.31. The molecule has 2 aliphatic carbocycles. The van der Waals surface area contributed by atoms with Gasteiger partial charge in [0.2, 0.25) is 0 Å². The van der Waals surface area contributed by atoms with Crippen molar-refractivity contribution < 1.29 is 19.4 Å². The van der Waals surface area contributed by atoms with Gasteiger partial charge in [-0.15, -0.1) is 0 Å². The van der Waals surface area contributed by atoms with Crippen LogP contribution in [0.1, 0.15) is 59.7 Å². The Morgan fingerprint density at radius 1 is 1.30 bits per heavy atom. The molecule has 1 aromatic rings. The van der Waals surface area contributed by atoms with Crippen LogP contribution in [0, 0.1) is 5.41 Å². The fraction of sp³-hybridized carbons (Fsp3) is 0.556. The van der Waals surface area contributed by atoms with Crippen molar-refractivity contribution in [1.82, 2.24) is 5.32 Å². The summed E-state index contributed by atoms with van der Waals surface area (Å²) in [5.41, 5.74) is 0.614. The van der Waals surface area contributed by atoms with Gasteiger partial charge in [-0.3, -0.25) is 4.79 Å². The van der Waals surface area contributed by atoms with Gasteiger partial charge in [0.05, 0.1) is 11.7 Å². The van der Waals surface area contributed by atoms with E-state index in [1.807, 2.05) is 6.92 Å². The van der Waals surface area contributed by atoms with Crippen LogP contribution in [0.3, 0.4) is 0 Å². The first-order valence-corrected chi connectivity index (χ1v) is 8.32. The lowest BCUT2D eigenvalue weighted by Crippen LogP contribution is -2.63. The molecule has 0 bridgehead atoms. The molecule has 2 unspecified atom stereocenters. The predicted octanol–water partition coefficient (Wildman–Crippen LogP) is 2.85. The number of rotatable bonds is 5. The van der Waals surface area contributed by atoms with Crippen molar-refractivity contribution in [3.63, 3.8) is 0 Å². The third kappa shape index (κ3) is 2.85. The Balaban J connectivity index is 1.71. The van der Waals surface area contributed by atoms with E-state index in [0.29, 0.717) is 12.2 Å². The molecule has 124 valence electrons. The molecule has 5 nitrogen and oxygen atoms in total. The zero-order valence-electron chi connectivity index (χ0n) is 13.4. The van der Waals surface area contributed by atoms with Gasteiger partial charge in [-0.25, -0.2) is 4.79 Å². The Hall–Kier alpha value is -1.88. The molecular formula is C18H23NO4. The third-order valence-electron chi connectivity index (χ3n) is 5.36. The number of hydrogen-bond donors (Lipinski definition) is 2. The van der Waals surface area contributed by atoms with Crippen LogP contribution in [-0.2, 0) is 4.74 Å². The van der Waals surface area contributed by atoms with E-state index in [9.17, 15) is 9.59 Å². The zero-order valence-corrected chi connectivity index (χ0v) is 13.4. The van der Waals surface area contributed by atoms with Gasteiger partial charge in [-0.05, 0) is 44.4 Å². The number of amides is 1. The molecule has 23 heavy (non-hydrogen) atoms. The lowest BCUT2D eigenvalue weighted by Gasteiger charge is -2.54. The molecule has 3 rings (SSSR count). The number of benzene rings is 1. The molecule has 2 atom stereocenters. The highest BCUT2D eigenvalue weighted by Gasteiger charge is 2.57. The molecule has 2 aliphatic rings. The van der Waals surface area contributed by atoms with E-state index in [1.54, 1.807) is 12.1 Å². The number of carbonyl (C=O) groups is 2. The van der Waals surface area contributed by atoms with Gasteiger partial charge in [0, 0.05) is 23.6 Å². The maximum atomic E-state index is 12.5. The maximum absolute atomic E-state index is 12.5. The lowest BCUT2D eigenvalue weighted by atomic mass is 9.60. The monoisotopic (exact) mass is 317 g/mol. The molecule has 5 heteroatoms. The van der Waals surface area contributed by atoms with Gasteiger partial charge in [-0.1, -0.05) is 18.9 Å². The summed E-state index contributed by atoms with van der Waals surface area (Å²) < 4.78 is 5.85. The highest BCUT2D eigenvalue weighted by atomic mass is 16.5. The van der Waals surface area contributed by atoms with E-state index in [4.69, 9.17) is 9.84 Å². The van der Waals surface area contributed by atoms with Crippen molar-refractivity contribution in [3.8, 4) is 0 Å². The van der Waals surface area contributed by atoms with Crippen molar-refractivity contribution in [2.75, 3.05) is 6.61 Å². The molecule has 0 aliphatic heterocycles. The molecule has 0 heterocycles. The lowest BCUT2D eigenvalue weighted by molar-refractivity contribution is -0.127. The van der Waals surface area contributed by atoms with E-state index in [1.165, 1.54) is 25.0 Å². The molecule has 1 aromatic carbocycles. The first-order valence-electron chi connectivity index (χ1n) is 8.32. The average Bonchev–Trinajstić information content (AvgIpc) is 3.06. The van der Waals surface area contributed by atoms with Crippen LogP contribution < -0.4 is 5.32 Å². The number of nitrogens with one attached hydrogen (secondary N) is 1. The van der Waals surface area contributed by atoms with Crippen molar-refractivity contribution in [2.24, 2.45) is 5.41 Å². The topological polar surface area (TPSA) is 75.6 Å². The van der Waals surface area contributed by atoms with Crippen molar-refractivity contribution >= 4 is 11.9 Å². The summed E-state index contributed by atoms with van der Waals surface area (Å²) in [4.78, 5) is 23.5. The van der Waals surface area contributed by atoms with Crippen molar-refractivity contribution in [1.29, 1.82) is 0 Å². The SMILES string of the molecule is CCOC1CC(NC(=O)c2cccc(C(=O)O)c2)C12CCCC2. The summed E-state index contributed by atoms with van der Waals surface area (Å²) in [6.45, 7) is 2.71. The number of aromatic carboxylic acids is 1. The Kier molecular flexibility index (Phi) is 4.39. The standard InChI is InChI=1S/C18H23NO4/c1-2-23-15-11-14(18(15)8-3-4-9-18)19-16(20)12-6-5-7-13(10-12)17(21)22/h5-7,10,14-15H,2-4,8-9,11H2,1H3,(H,19,20)(H,21,22). The quantitative estimate of drug-likeness (QED) is 0.875. The van der Waals surface area contributed by atoms with Gasteiger partial charge < -0.3 is 15.2 Å². The second kappa shape index (κ2) is 6.32. The predicted molar refractivity (Wildman–Crippen MR) is 85.6 cm³/mol. The first-order chi connectivity index (χ1) is 11.1. The van der Waals surface area contributed by atoms with Crippen molar-refractivity contribution in [2.45, 2.75) is 51.2 Å². The summed E-state index contributed by atoms with van der Waals surface area (Å²) in [7, 11) is 0. The second-order valence-electron chi connectivity index (χ2n) is 6.53. The fourth-order valence-electron chi connectivity index (χ4n) is 4.12. The molecule has 1 amide bonds. The Bertz CT molecular complexity index is 607. The van der Waals surface area contributed by atoms with Crippen LogP contribution >= 0.6 is 0 Å². The Labute approximate surface area is 136 Å². The van der Waals surface area contributed by atoms with E-state index in [-0.39, 0.29) is 29.0 Å². The molecular weight excluding hydrogens is 294 g/mol. The van der Waals surface area contributed by atoms with E-state index >= 15 is 0 Å². The summed E-state index contributed by atoms with van der Waals surface area (Å²) in [6.07, 6.45) is 5.65. The van der Waals surface area contributed by atoms with Gasteiger partial charge in [0.25, 0.3) is 5.91 Å². The fourth-order valence-corrected chi connectivity index (χ4v) is 4.12. The molecule has 2 saturated carbocycles. The van der Waals surface area contributed by atoms with Gasteiger partial charge >= 0.3 is 5.97 Å². The molecule has 0 aromatic heterocycles. The number of carboxylic acids is 1. The molecule has 0 radical (unpaired) electrons. The summed E-state index contributed by atoms with van der Waals surface area (Å²) in [5.74, 6) is -1.22. The van der Waals surface area contributed by atoms with Gasteiger partial charge in [0.15, 0.2) is 0 Å². The molecule has 2 N–H and O–H groups in total. The van der Waals surface area contributed by atoms with Crippen LogP contribution in [0.15, 0.2) is 24.3 Å². The molecule has 0 saturated heterocycles. The molecule has 1 spiro atoms. The van der Waals surface area contributed by atoms with Crippen LogP contribution in [-0.4, -0.2) is 35.7 Å². The number of carbonyl (C=O) groups excluding carboxylic acids is 1. The van der Waals surface area contributed by atoms with Crippen LogP contribution in [0.2, 0.25) is 0 Å². The highest BCUT2D eigenvalue weighted by molar-refractivity contribution is 5.97. The minimum Gasteiger partial charge on any atom is -0.478 e. The normalized spacial score (nSPS) is 25.1. The van der Waals surface area contributed by atoms with Crippen molar-refractivity contribution in [3.05, 3.63) is 35.4 Å². The van der Waals surface area contributed by atoms with Crippen LogP contribution in [0.5, 0.6) is 0 Å².